The summed E-state index contributed by atoms with van der Waals surface area (Å²) in [7, 11) is 3.21. The molecule has 0 saturated heterocycles. The summed E-state index contributed by atoms with van der Waals surface area (Å²) in [6.07, 6.45) is 4.33. The maximum absolute atomic E-state index is 13.3. The normalized spacial score (nSPS) is 11.5. The summed E-state index contributed by atoms with van der Waals surface area (Å²) >= 11 is 0. The second-order valence-corrected chi connectivity index (χ2v) is 8.14. The van der Waals surface area contributed by atoms with Crippen molar-refractivity contribution in [3.8, 4) is 23.1 Å². The van der Waals surface area contributed by atoms with Gasteiger partial charge in [0, 0.05) is 46.7 Å². The fourth-order valence-electron chi connectivity index (χ4n) is 4.31. The number of rotatable bonds is 7. The molecule has 0 aliphatic heterocycles. The number of aromatic nitrogens is 2. The Morgan fingerprint density at radius 2 is 1.71 bits per heavy atom. The van der Waals surface area contributed by atoms with E-state index in [1.54, 1.807) is 50.8 Å². The van der Waals surface area contributed by atoms with Gasteiger partial charge >= 0.3 is 0 Å². The Hall–Kier alpha value is -4.52. The van der Waals surface area contributed by atoms with Crippen molar-refractivity contribution in [2.45, 2.75) is 6.42 Å². The van der Waals surface area contributed by atoms with E-state index in [0.717, 1.165) is 22.2 Å². The molecule has 0 radical (unpaired) electrons. The Bertz CT molecular complexity index is 1610. The molecule has 0 spiro atoms. The number of ether oxygens (including phenoxy) is 2. The van der Waals surface area contributed by atoms with Gasteiger partial charge < -0.3 is 19.6 Å². The van der Waals surface area contributed by atoms with Crippen molar-refractivity contribution in [2.75, 3.05) is 20.8 Å². The first-order valence-electron chi connectivity index (χ1n) is 11.3. The zero-order valence-electron chi connectivity index (χ0n) is 19.5. The molecule has 0 aliphatic rings. The SMILES string of the molecule is COc1cccc(-n2c(O)c(C=NCCc3c[nH]c4ccc(OC)cc34)c3ccccc3c2=O)c1. The second kappa shape index (κ2) is 9.38. The summed E-state index contributed by atoms with van der Waals surface area (Å²) in [5, 5.41) is 13.4. The van der Waals surface area contributed by atoms with Gasteiger partial charge in [0.2, 0.25) is 5.88 Å². The number of pyridine rings is 1. The number of hydrogen-bond donors (Lipinski definition) is 2. The lowest BCUT2D eigenvalue weighted by Gasteiger charge is -2.14. The number of benzene rings is 3. The summed E-state index contributed by atoms with van der Waals surface area (Å²) in [5.41, 5.74) is 2.87. The molecule has 0 atom stereocenters. The third kappa shape index (κ3) is 4.12. The quantitative estimate of drug-likeness (QED) is 0.335. The highest BCUT2D eigenvalue weighted by Gasteiger charge is 2.16. The van der Waals surface area contributed by atoms with Crippen LogP contribution in [-0.2, 0) is 6.42 Å². The van der Waals surface area contributed by atoms with E-state index in [1.165, 1.54) is 4.57 Å². The van der Waals surface area contributed by atoms with Gasteiger partial charge in [0.05, 0.1) is 25.5 Å². The van der Waals surface area contributed by atoms with Gasteiger partial charge in [-0.15, -0.1) is 0 Å². The third-order valence-electron chi connectivity index (χ3n) is 6.12. The van der Waals surface area contributed by atoms with E-state index in [0.29, 0.717) is 40.7 Å². The number of aliphatic imine (C=N–C) groups is 1. The largest absolute Gasteiger partial charge is 0.497 e. The molecule has 0 saturated carbocycles. The Kier molecular flexibility index (Phi) is 5.97. The maximum Gasteiger partial charge on any atom is 0.265 e. The van der Waals surface area contributed by atoms with Crippen LogP contribution in [-0.4, -0.2) is 41.6 Å². The lowest BCUT2D eigenvalue weighted by Crippen LogP contribution is -2.20. The van der Waals surface area contributed by atoms with Crippen LogP contribution in [0.3, 0.4) is 0 Å². The molecule has 5 rings (SSSR count). The summed E-state index contributed by atoms with van der Waals surface area (Å²) in [5.74, 6) is 1.23. The van der Waals surface area contributed by atoms with Gasteiger partial charge in [0.1, 0.15) is 11.5 Å². The molecule has 3 aromatic carbocycles. The number of aromatic amines is 1. The number of aromatic hydroxyl groups is 1. The number of H-pyrrole nitrogens is 1. The van der Waals surface area contributed by atoms with Crippen LogP contribution in [0.1, 0.15) is 11.1 Å². The van der Waals surface area contributed by atoms with Crippen molar-refractivity contribution in [1.29, 1.82) is 0 Å². The molecular weight excluding hydrogens is 442 g/mol. The zero-order chi connectivity index (χ0) is 24.4. The minimum absolute atomic E-state index is 0.164. The van der Waals surface area contributed by atoms with Gasteiger partial charge in [-0.3, -0.25) is 9.79 Å². The van der Waals surface area contributed by atoms with Crippen molar-refractivity contribution in [3.63, 3.8) is 0 Å². The second-order valence-electron chi connectivity index (χ2n) is 8.14. The summed E-state index contributed by atoms with van der Waals surface area (Å²) < 4.78 is 11.9. The highest BCUT2D eigenvalue weighted by atomic mass is 16.5. The van der Waals surface area contributed by atoms with Crippen molar-refractivity contribution in [3.05, 3.63) is 94.4 Å². The molecule has 0 aliphatic carbocycles. The molecular formula is C28H25N3O4. The maximum atomic E-state index is 13.3. The van der Waals surface area contributed by atoms with Gasteiger partial charge in [0.15, 0.2) is 0 Å². The monoisotopic (exact) mass is 467 g/mol. The Morgan fingerprint density at radius 3 is 2.51 bits per heavy atom. The van der Waals surface area contributed by atoms with E-state index in [9.17, 15) is 9.90 Å². The molecule has 2 N–H and O–H groups in total. The van der Waals surface area contributed by atoms with Crippen LogP contribution in [0.4, 0.5) is 0 Å². The highest BCUT2D eigenvalue weighted by molar-refractivity contribution is 6.01. The van der Waals surface area contributed by atoms with Crippen LogP contribution in [0.15, 0.2) is 82.7 Å². The van der Waals surface area contributed by atoms with E-state index >= 15 is 0 Å². The number of hydrogen-bond acceptors (Lipinski definition) is 5. The van der Waals surface area contributed by atoms with Crippen molar-refractivity contribution in [1.82, 2.24) is 9.55 Å². The van der Waals surface area contributed by atoms with Crippen LogP contribution in [0.5, 0.6) is 17.4 Å². The lowest BCUT2D eigenvalue weighted by atomic mass is 10.1. The molecule has 7 nitrogen and oxygen atoms in total. The van der Waals surface area contributed by atoms with Gasteiger partial charge in [-0.05, 0) is 48.4 Å². The molecule has 35 heavy (non-hydrogen) atoms. The smallest absolute Gasteiger partial charge is 0.265 e. The molecule has 2 heterocycles. The topological polar surface area (TPSA) is 88.8 Å². The number of nitrogens with zero attached hydrogens (tertiary/aromatic N) is 2. The van der Waals surface area contributed by atoms with E-state index in [1.807, 2.05) is 42.6 Å². The fourth-order valence-corrected chi connectivity index (χ4v) is 4.31. The van der Waals surface area contributed by atoms with Gasteiger partial charge in [-0.2, -0.15) is 0 Å². The molecule has 5 aromatic rings. The first-order valence-corrected chi connectivity index (χ1v) is 11.3. The van der Waals surface area contributed by atoms with E-state index < -0.39 is 0 Å². The molecule has 7 heteroatoms. The molecule has 0 bridgehead atoms. The van der Waals surface area contributed by atoms with E-state index in [2.05, 4.69) is 9.98 Å². The van der Waals surface area contributed by atoms with Crippen LogP contribution in [0, 0.1) is 0 Å². The van der Waals surface area contributed by atoms with Crippen molar-refractivity contribution >= 4 is 27.9 Å². The van der Waals surface area contributed by atoms with Crippen LogP contribution in [0.2, 0.25) is 0 Å². The molecule has 2 aromatic heterocycles. The Labute approximate surface area is 201 Å². The van der Waals surface area contributed by atoms with Crippen molar-refractivity contribution in [2.24, 2.45) is 4.99 Å². The lowest BCUT2D eigenvalue weighted by molar-refractivity contribution is 0.413. The molecule has 0 fully saturated rings. The Balaban J connectivity index is 1.51. The highest BCUT2D eigenvalue weighted by Crippen LogP contribution is 2.28. The molecule has 176 valence electrons. The minimum atomic E-state index is -0.309. The molecule has 0 amide bonds. The van der Waals surface area contributed by atoms with Crippen molar-refractivity contribution < 1.29 is 14.6 Å². The van der Waals surface area contributed by atoms with Crippen LogP contribution < -0.4 is 15.0 Å². The zero-order valence-corrected chi connectivity index (χ0v) is 19.5. The standard InChI is InChI=1S/C28H25N3O4/c1-34-20-7-5-6-19(14-20)31-27(32)23-9-4-3-8-22(23)25(28(31)33)17-29-13-12-18-16-30-26-11-10-21(35-2)15-24(18)26/h3-11,14-17,30,33H,12-13H2,1-2H3. The van der Waals surface area contributed by atoms with Crippen LogP contribution in [0.25, 0.3) is 27.4 Å². The fraction of sp³-hybridized carbons (Fsp3) is 0.143. The summed E-state index contributed by atoms with van der Waals surface area (Å²) in [4.78, 5) is 21.1. The predicted molar refractivity (Wildman–Crippen MR) is 139 cm³/mol. The van der Waals surface area contributed by atoms with E-state index in [4.69, 9.17) is 9.47 Å². The number of nitrogens with one attached hydrogen (secondary N) is 1. The number of fused-ring (bicyclic) bond motifs is 2. The Morgan fingerprint density at radius 1 is 0.943 bits per heavy atom. The van der Waals surface area contributed by atoms with Crippen LogP contribution >= 0.6 is 0 Å². The molecule has 0 unspecified atom stereocenters. The minimum Gasteiger partial charge on any atom is -0.497 e. The van der Waals surface area contributed by atoms with Gasteiger partial charge in [0.25, 0.3) is 5.56 Å². The summed E-state index contributed by atoms with van der Waals surface area (Å²) in [6, 6.07) is 20.2. The summed E-state index contributed by atoms with van der Waals surface area (Å²) in [6.45, 7) is 0.510. The third-order valence-corrected chi connectivity index (χ3v) is 6.12. The van der Waals surface area contributed by atoms with Gasteiger partial charge in [-0.25, -0.2) is 4.57 Å². The average molecular weight is 468 g/mol. The first-order chi connectivity index (χ1) is 17.1. The van der Waals surface area contributed by atoms with E-state index in [-0.39, 0.29) is 11.4 Å². The first kappa shape index (κ1) is 22.3. The predicted octanol–water partition coefficient (Wildman–Crippen LogP) is 4.86. The number of methoxy groups -OCH3 is 2. The average Bonchev–Trinajstić information content (AvgIpc) is 3.30. The van der Waals surface area contributed by atoms with Gasteiger partial charge in [-0.1, -0.05) is 24.3 Å².